The quantitative estimate of drug-likeness (QED) is 0.602. The van der Waals surface area contributed by atoms with Gasteiger partial charge in [-0.3, -0.25) is 4.90 Å². The molecule has 1 unspecified atom stereocenters. The van der Waals surface area contributed by atoms with Gasteiger partial charge < -0.3 is 5.32 Å². The summed E-state index contributed by atoms with van der Waals surface area (Å²) in [6.07, 6.45) is 6.02. The molecule has 1 rings (SSSR count). The number of rotatable bonds is 7. The van der Waals surface area contributed by atoms with Crippen LogP contribution in [0, 0.1) is 0 Å². The van der Waals surface area contributed by atoms with E-state index < -0.39 is 0 Å². The number of nitrogens with one attached hydrogen (secondary N) is 1. The van der Waals surface area contributed by atoms with Gasteiger partial charge in [0.2, 0.25) is 0 Å². The van der Waals surface area contributed by atoms with E-state index in [1.165, 1.54) is 19.3 Å². The molecule has 1 N–H and O–H groups in total. The lowest BCUT2D eigenvalue weighted by molar-refractivity contribution is 0.199. The molecule has 0 aromatic rings. The van der Waals surface area contributed by atoms with Gasteiger partial charge in [-0.2, -0.15) is 0 Å². The van der Waals surface area contributed by atoms with E-state index in [1.54, 1.807) is 0 Å². The fourth-order valence-electron chi connectivity index (χ4n) is 1.88. The highest BCUT2D eigenvalue weighted by Crippen LogP contribution is 2.29. The average Bonchev–Trinajstić information content (AvgIpc) is 2.94. The molecule has 2 heteroatoms. The molecule has 1 aliphatic rings. The zero-order chi connectivity index (χ0) is 9.68. The molecule has 0 aliphatic heterocycles. The van der Waals surface area contributed by atoms with Gasteiger partial charge in [0, 0.05) is 25.2 Å². The van der Waals surface area contributed by atoms with Crippen molar-refractivity contribution in [1.82, 2.24) is 10.2 Å². The molecule has 0 aromatic heterocycles. The number of hydrogen-bond acceptors (Lipinski definition) is 2. The lowest BCUT2D eigenvalue weighted by Crippen LogP contribution is -2.42. The van der Waals surface area contributed by atoms with Gasteiger partial charge in [0.05, 0.1) is 0 Å². The number of nitrogens with zero attached hydrogens (tertiary/aromatic N) is 1. The van der Waals surface area contributed by atoms with Crippen LogP contribution in [0.1, 0.15) is 26.2 Å². The first-order valence-corrected chi connectivity index (χ1v) is 5.34. The second kappa shape index (κ2) is 5.40. The topological polar surface area (TPSA) is 15.3 Å². The third kappa shape index (κ3) is 3.12. The highest BCUT2D eigenvalue weighted by atomic mass is 15.2. The summed E-state index contributed by atoms with van der Waals surface area (Å²) >= 11 is 0. The van der Waals surface area contributed by atoms with Gasteiger partial charge in [-0.25, -0.2) is 0 Å². The molecule has 1 saturated carbocycles. The van der Waals surface area contributed by atoms with E-state index in [4.69, 9.17) is 0 Å². The standard InChI is InChI=1S/C11H22N2/c1-4-8-13(11-6-7-11)10(5-2)9-12-3/h4,10-12H,1,5-9H2,2-3H3. The minimum Gasteiger partial charge on any atom is -0.318 e. The Balaban J connectivity index is 2.43. The smallest absolute Gasteiger partial charge is 0.0224 e. The van der Waals surface area contributed by atoms with Crippen LogP contribution < -0.4 is 5.32 Å². The van der Waals surface area contributed by atoms with Crippen LogP contribution in [0.4, 0.5) is 0 Å². The average molecular weight is 182 g/mol. The Morgan fingerprint density at radius 3 is 2.69 bits per heavy atom. The molecular weight excluding hydrogens is 160 g/mol. The number of hydrogen-bond donors (Lipinski definition) is 1. The van der Waals surface area contributed by atoms with E-state index in [-0.39, 0.29) is 0 Å². The Kier molecular flexibility index (Phi) is 4.46. The summed E-state index contributed by atoms with van der Waals surface area (Å²) in [5.74, 6) is 0. The van der Waals surface area contributed by atoms with Gasteiger partial charge in [0.15, 0.2) is 0 Å². The van der Waals surface area contributed by atoms with E-state index >= 15 is 0 Å². The molecule has 76 valence electrons. The highest BCUT2D eigenvalue weighted by Gasteiger charge is 2.31. The Labute approximate surface area is 82.0 Å². The summed E-state index contributed by atoms with van der Waals surface area (Å²) in [7, 11) is 2.03. The summed E-state index contributed by atoms with van der Waals surface area (Å²) in [6.45, 7) is 8.23. The molecule has 1 atom stereocenters. The third-order valence-electron chi connectivity index (χ3n) is 2.74. The predicted molar refractivity (Wildman–Crippen MR) is 57.9 cm³/mol. The van der Waals surface area contributed by atoms with Gasteiger partial charge in [-0.05, 0) is 26.3 Å². The van der Waals surface area contributed by atoms with E-state index in [1.807, 2.05) is 13.1 Å². The van der Waals surface area contributed by atoms with Crippen molar-refractivity contribution in [2.75, 3.05) is 20.1 Å². The minimum absolute atomic E-state index is 0.690. The van der Waals surface area contributed by atoms with Crippen LogP contribution in [0.5, 0.6) is 0 Å². The lowest BCUT2D eigenvalue weighted by atomic mass is 10.2. The molecule has 0 saturated heterocycles. The van der Waals surface area contributed by atoms with E-state index in [0.717, 1.165) is 19.1 Å². The van der Waals surface area contributed by atoms with Crippen LogP contribution in [-0.2, 0) is 0 Å². The summed E-state index contributed by atoms with van der Waals surface area (Å²) in [5.41, 5.74) is 0. The van der Waals surface area contributed by atoms with Crippen molar-refractivity contribution in [2.45, 2.75) is 38.3 Å². The van der Waals surface area contributed by atoms with Crippen LogP contribution in [0.15, 0.2) is 12.7 Å². The van der Waals surface area contributed by atoms with Gasteiger partial charge in [0.1, 0.15) is 0 Å². The Morgan fingerprint density at radius 2 is 2.31 bits per heavy atom. The van der Waals surface area contributed by atoms with Gasteiger partial charge in [0.25, 0.3) is 0 Å². The monoisotopic (exact) mass is 182 g/mol. The lowest BCUT2D eigenvalue weighted by Gasteiger charge is -2.29. The second-order valence-corrected chi connectivity index (χ2v) is 3.84. The minimum atomic E-state index is 0.690. The van der Waals surface area contributed by atoms with Crippen LogP contribution >= 0.6 is 0 Å². The Bertz CT molecular complexity index is 152. The van der Waals surface area contributed by atoms with E-state index in [0.29, 0.717) is 6.04 Å². The van der Waals surface area contributed by atoms with Crippen LogP contribution in [0.3, 0.4) is 0 Å². The summed E-state index contributed by atoms with van der Waals surface area (Å²) in [6, 6.07) is 1.53. The van der Waals surface area contributed by atoms with Gasteiger partial charge in [-0.15, -0.1) is 6.58 Å². The largest absolute Gasteiger partial charge is 0.318 e. The zero-order valence-electron chi connectivity index (χ0n) is 8.92. The van der Waals surface area contributed by atoms with Crippen molar-refractivity contribution in [2.24, 2.45) is 0 Å². The van der Waals surface area contributed by atoms with Crippen LogP contribution in [0.25, 0.3) is 0 Å². The van der Waals surface area contributed by atoms with Crippen LogP contribution in [0.2, 0.25) is 0 Å². The first-order chi connectivity index (χ1) is 6.33. The van der Waals surface area contributed by atoms with Crippen molar-refractivity contribution in [3.63, 3.8) is 0 Å². The maximum absolute atomic E-state index is 3.83. The molecule has 13 heavy (non-hydrogen) atoms. The molecule has 2 nitrogen and oxygen atoms in total. The second-order valence-electron chi connectivity index (χ2n) is 3.84. The summed E-state index contributed by atoms with van der Waals surface area (Å²) in [5, 5.41) is 3.26. The van der Waals surface area contributed by atoms with Crippen molar-refractivity contribution < 1.29 is 0 Å². The van der Waals surface area contributed by atoms with Crippen molar-refractivity contribution in [1.29, 1.82) is 0 Å². The molecule has 0 amide bonds. The SMILES string of the molecule is C=CCN(C1CC1)C(CC)CNC. The third-order valence-corrected chi connectivity index (χ3v) is 2.74. The van der Waals surface area contributed by atoms with Crippen molar-refractivity contribution in [3.05, 3.63) is 12.7 Å². The summed E-state index contributed by atoms with van der Waals surface area (Å²) in [4.78, 5) is 2.59. The molecule has 1 fully saturated rings. The molecule has 1 aliphatic carbocycles. The first-order valence-electron chi connectivity index (χ1n) is 5.34. The molecule has 0 heterocycles. The maximum Gasteiger partial charge on any atom is 0.0224 e. The van der Waals surface area contributed by atoms with E-state index in [2.05, 4.69) is 23.7 Å². The molecular formula is C11H22N2. The highest BCUT2D eigenvalue weighted by molar-refractivity contribution is 4.92. The zero-order valence-corrected chi connectivity index (χ0v) is 8.92. The molecule has 0 bridgehead atoms. The number of likely N-dealkylation sites (N-methyl/N-ethyl adjacent to an activating group) is 1. The fourth-order valence-corrected chi connectivity index (χ4v) is 1.88. The normalized spacial score (nSPS) is 19.0. The Morgan fingerprint density at radius 1 is 1.62 bits per heavy atom. The molecule has 0 spiro atoms. The van der Waals surface area contributed by atoms with Gasteiger partial charge in [-0.1, -0.05) is 13.0 Å². The first kappa shape index (κ1) is 10.7. The van der Waals surface area contributed by atoms with E-state index in [9.17, 15) is 0 Å². The Hall–Kier alpha value is -0.340. The molecule has 0 aromatic carbocycles. The maximum atomic E-state index is 3.83. The fraction of sp³-hybridized carbons (Fsp3) is 0.818. The van der Waals surface area contributed by atoms with Crippen molar-refractivity contribution >= 4 is 0 Å². The summed E-state index contributed by atoms with van der Waals surface area (Å²) < 4.78 is 0. The predicted octanol–water partition coefficient (Wildman–Crippen LogP) is 1.63. The van der Waals surface area contributed by atoms with Crippen molar-refractivity contribution in [3.8, 4) is 0 Å². The van der Waals surface area contributed by atoms with Gasteiger partial charge >= 0.3 is 0 Å². The van der Waals surface area contributed by atoms with Crippen LogP contribution in [-0.4, -0.2) is 37.1 Å². The molecule has 0 radical (unpaired) electrons.